The number of aromatic nitrogens is 1. The Hall–Kier alpha value is -1.15. The van der Waals surface area contributed by atoms with Gasteiger partial charge in [0.1, 0.15) is 0 Å². The van der Waals surface area contributed by atoms with E-state index in [4.69, 9.17) is 0 Å². The molecular formula is C13H12BrN. The maximum Gasteiger partial charge on any atom is 0.0476 e. The predicted octanol–water partition coefficient (Wildman–Crippen LogP) is 4.00. The molecule has 1 heterocycles. The quantitative estimate of drug-likeness (QED) is 0.797. The van der Waals surface area contributed by atoms with Crippen LogP contribution in [0.15, 0.2) is 53.1 Å². The average molecular weight is 262 g/mol. The van der Waals surface area contributed by atoms with Crippen LogP contribution < -0.4 is 0 Å². The Morgan fingerprint density at radius 3 is 2.40 bits per heavy atom. The number of hydrogen-bond donors (Lipinski definition) is 0. The third-order valence-corrected chi connectivity index (χ3v) is 2.96. The number of benzene rings is 1. The van der Waals surface area contributed by atoms with Gasteiger partial charge in [-0.25, -0.2) is 0 Å². The molecule has 0 spiro atoms. The zero-order chi connectivity index (χ0) is 10.7. The summed E-state index contributed by atoms with van der Waals surface area (Å²) in [4.78, 5) is 4.41. The zero-order valence-electron chi connectivity index (χ0n) is 8.52. The maximum atomic E-state index is 4.41. The van der Waals surface area contributed by atoms with Gasteiger partial charge < -0.3 is 0 Å². The summed E-state index contributed by atoms with van der Waals surface area (Å²) in [6, 6.07) is 14.5. The lowest BCUT2D eigenvalue weighted by Gasteiger charge is -2.10. The molecule has 76 valence electrons. The van der Waals surface area contributed by atoms with Crippen LogP contribution in [0.2, 0.25) is 0 Å². The molecule has 2 rings (SSSR count). The van der Waals surface area contributed by atoms with Crippen LogP contribution in [0.25, 0.3) is 0 Å². The van der Waals surface area contributed by atoms with E-state index < -0.39 is 0 Å². The number of hydrogen-bond acceptors (Lipinski definition) is 1. The van der Waals surface area contributed by atoms with E-state index in [1.165, 1.54) is 5.56 Å². The molecule has 0 fully saturated rings. The smallest absolute Gasteiger partial charge is 0.0476 e. The molecule has 1 nitrogen and oxygen atoms in total. The summed E-state index contributed by atoms with van der Waals surface area (Å²) in [6.45, 7) is 2.17. The first kappa shape index (κ1) is 10.4. The van der Waals surface area contributed by atoms with Gasteiger partial charge >= 0.3 is 0 Å². The summed E-state index contributed by atoms with van der Waals surface area (Å²) in [7, 11) is 0. The second kappa shape index (κ2) is 4.58. The van der Waals surface area contributed by atoms with Crippen molar-refractivity contribution in [3.63, 3.8) is 0 Å². The summed E-state index contributed by atoms with van der Waals surface area (Å²) in [6.07, 6.45) is 1.84. The molecule has 0 bridgehead atoms. The van der Waals surface area contributed by atoms with Crippen LogP contribution in [0.3, 0.4) is 0 Å². The zero-order valence-corrected chi connectivity index (χ0v) is 10.1. The Kier molecular flexibility index (Phi) is 3.17. The molecule has 0 saturated heterocycles. The van der Waals surface area contributed by atoms with E-state index in [1.54, 1.807) is 0 Å². The standard InChI is InChI=1S/C13H12BrN/c1-10(11-5-3-2-4-6-11)13-8-7-12(14)9-15-13/h2-10H,1H3. The lowest BCUT2D eigenvalue weighted by Crippen LogP contribution is -1.98. The third kappa shape index (κ3) is 2.45. The summed E-state index contributed by atoms with van der Waals surface area (Å²) < 4.78 is 1.02. The highest BCUT2D eigenvalue weighted by molar-refractivity contribution is 9.10. The number of pyridine rings is 1. The van der Waals surface area contributed by atoms with Crippen LogP contribution in [-0.4, -0.2) is 4.98 Å². The average Bonchev–Trinajstić information content (AvgIpc) is 2.30. The normalized spacial score (nSPS) is 12.4. The third-order valence-electron chi connectivity index (χ3n) is 2.49. The SMILES string of the molecule is CC(c1ccccc1)c1ccc(Br)cn1. The Balaban J connectivity index is 2.29. The van der Waals surface area contributed by atoms with E-state index in [0.717, 1.165) is 10.2 Å². The van der Waals surface area contributed by atoms with Crippen LogP contribution in [0.1, 0.15) is 24.1 Å². The summed E-state index contributed by atoms with van der Waals surface area (Å²) in [5.74, 6) is 0.347. The molecule has 1 unspecified atom stereocenters. The van der Waals surface area contributed by atoms with Crippen LogP contribution in [0, 0.1) is 0 Å². The lowest BCUT2D eigenvalue weighted by molar-refractivity contribution is 0.870. The number of nitrogens with zero attached hydrogens (tertiary/aromatic N) is 1. The van der Waals surface area contributed by atoms with Gasteiger partial charge in [0.2, 0.25) is 0 Å². The van der Waals surface area contributed by atoms with Crippen LogP contribution in [-0.2, 0) is 0 Å². The first-order chi connectivity index (χ1) is 7.27. The van der Waals surface area contributed by atoms with Crippen molar-refractivity contribution in [3.05, 3.63) is 64.4 Å². The second-order valence-electron chi connectivity index (χ2n) is 3.53. The van der Waals surface area contributed by atoms with E-state index in [-0.39, 0.29) is 0 Å². The first-order valence-electron chi connectivity index (χ1n) is 4.94. The predicted molar refractivity (Wildman–Crippen MR) is 65.9 cm³/mol. The molecule has 1 aromatic heterocycles. The van der Waals surface area contributed by atoms with Crippen molar-refractivity contribution in [3.8, 4) is 0 Å². The van der Waals surface area contributed by atoms with Crippen molar-refractivity contribution in [2.75, 3.05) is 0 Å². The van der Waals surface area contributed by atoms with Gasteiger partial charge in [0.05, 0.1) is 0 Å². The molecule has 2 heteroatoms. The van der Waals surface area contributed by atoms with Crippen molar-refractivity contribution >= 4 is 15.9 Å². The molecule has 0 aliphatic rings. The Morgan fingerprint density at radius 2 is 1.80 bits per heavy atom. The molecule has 0 radical (unpaired) electrons. The minimum atomic E-state index is 0.347. The monoisotopic (exact) mass is 261 g/mol. The Morgan fingerprint density at radius 1 is 1.07 bits per heavy atom. The van der Waals surface area contributed by atoms with Gasteiger partial charge in [-0.05, 0) is 33.6 Å². The van der Waals surface area contributed by atoms with Crippen molar-refractivity contribution in [1.82, 2.24) is 4.98 Å². The molecule has 0 N–H and O–H groups in total. The molecule has 1 atom stereocenters. The van der Waals surface area contributed by atoms with E-state index in [9.17, 15) is 0 Å². The first-order valence-corrected chi connectivity index (χ1v) is 5.73. The Labute approximate surface area is 98.3 Å². The van der Waals surface area contributed by atoms with Crippen LogP contribution in [0.5, 0.6) is 0 Å². The van der Waals surface area contributed by atoms with E-state index in [2.05, 4.69) is 58.2 Å². The highest BCUT2D eigenvalue weighted by Gasteiger charge is 2.08. The Bertz CT molecular complexity index is 422. The van der Waals surface area contributed by atoms with E-state index in [1.807, 2.05) is 18.3 Å². The molecule has 0 saturated carbocycles. The fourth-order valence-electron chi connectivity index (χ4n) is 1.56. The van der Waals surface area contributed by atoms with Crippen molar-refractivity contribution in [2.24, 2.45) is 0 Å². The van der Waals surface area contributed by atoms with Crippen molar-refractivity contribution in [2.45, 2.75) is 12.8 Å². The second-order valence-corrected chi connectivity index (χ2v) is 4.45. The summed E-state index contributed by atoms with van der Waals surface area (Å²) in [5, 5.41) is 0. The minimum absolute atomic E-state index is 0.347. The van der Waals surface area contributed by atoms with E-state index >= 15 is 0 Å². The van der Waals surface area contributed by atoms with E-state index in [0.29, 0.717) is 5.92 Å². The maximum absolute atomic E-state index is 4.41. The number of halogens is 1. The molecule has 2 aromatic rings. The van der Waals surface area contributed by atoms with Crippen molar-refractivity contribution < 1.29 is 0 Å². The van der Waals surface area contributed by atoms with Gasteiger partial charge in [0.25, 0.3) is 0 Å². The fraction of sp³-hybridized carbons (Fsp3) is 0.154. The van der Waals surface area contributed by atoms with Gasteiger partial charge in [-0.2, -0.15) is 0 Å². The van der Waals surface area contributed by atoms with Gasteiger partial charge in [-0.3, -0.25) is 4.98 Å². The highest BCUT2D eigenvalue weighted by Crippen LogP contribution is 2.22. The van der Waals surface area contributed by atoms with Gasteiger partial charge in [-0.15, -0.1) is 0 Å². The van der Waals surface area contributed by atoms with Gasteiger partial charge in [-0.1, -0.05) is 37.3 Å². The molecule has 1 aromatic carbocycles. The topological polar surface area (TPSA) is 12.9 Å². The van der Waals surface area contributed by atoms with Gasteiger partial charge in [0.15, 0.2) is 0 Å². The fourth-order valence-corrected chi connectivity index (χ4v) is 1.79. The molecule has 0 aliphatic carbocycles. The van der Waals surface area contributed by atoms with Crippen LogP contribution in [0.4, 0.5) is 0 Å². The van der Waals surface area contributed by atoms with Crippen LogP contribution >= 0.6 is 15.9 Å². The summed E-state index contributed by atoms with van der Waals surface area (Å²) in [5.41, 5.74) is 2.40. The number of rotatable bonds is 2. The molecular weight excluding hydrogens is 250 g/mol. The molecule has 15 heavy (non-hydrogen) atoms. The van der Waals surface area contributed by atoms with Crippen molar-refractivity contribution in [1.29, 1.82) is 0 Å². The largest absolute Gasteiger partial charge is 0.259 e. The minimum Gasteiger partial charge on any atom is -0.259 e. The highest BCUT2D eigenvalue weighted by atomic mass is 79.9. The molecule has 0 aliphatic heterocycles. The molecule has 0 amide bonds. The lowest BCUT2D eigenvalue weighted by atomic mass is 9.97. The van der Waals surface area contributed by atoms with Gasteiger partial charge in [0, 0.05) is 22.3 Å². The summed E-state index contributed by atoms with van der Waals surface area (Å²) >= 11 is 3.39.